The van der Waals surface area contributed by atoms with Crippen molar-refractivity contribution in [2.75, 3.05) is 0 Å². The Morgan fingerprint density at radius 2 is 2.23 bits per heavy atom. The maximum atomic E-state index is 5.64. The summed E-state index contributed by atoms with van der Waals surface area (Å²) in [5.41, 5.74) is 9.27. The molecule has 1 heteroatoms. The lowest BCUT2D eigenvalue weighted by atomic mass is 10.3. The molecule has 0 amide bonds. The van der Waals surface area contributed by atoms with Crippen molar-refractivity contribution in [1.82, 2.24) is 0 Å². The van der Waals surface area contributed by atoms with Crippen molar-refractivity contribution in [2.24, 2.45) is 5.73 Å². The van der Waals surface area contributed by atoms with Crippen molar-refractivity contribution >= 4 is 0 Å². The number of allylic oxidation sites excluding steroid dienone is 2. The van der Waals surface area contributed by atoms with Gasteiger partial charge in [0.25, 0.3) is 0 Å². The fourth-order valence-corrected chi connectivity index (χ4v) is 0.747. The lowest BCUT2D eigenvalue weighted by molar-refractivity contribution is 0.957. The van der Waals surface area contributed by atoms with Gasteiger partial charge >= 0.3 is 0 Å². The molecular formula is C12H17N. The molecule has 0 radical (unpaired) electrons. The van der Waals surface area contributed by atoms with Crippen LogP contribution in [0.4, 0.5) is 0 Å². The quantitative estimate of drug-likeness (QED) is 0.397. The third-order valence-corrected chi connectivity index (χ3v) is 1.40. The largest absolute Gasteiger partial charge is 0.392 e. The van der Waals surface area contributed by atoms with E-state index in [0.29, 0.717) is 5.70 Å². The van der Waals surface area contributed by atoms with Gasteiger partial charge in [-0.25, -0.2) is 0 Å². The van der Waals surface area contributed by atoms with E-state index < -0.39 is 0 Å². The van der Waals surface area contributed by atoms with Crippen molar-refractivity contribution in [2.45, 2.75) is 33.1 Å². The summed E-state index contributed by atoms with van der Waals surface area (Å²) in [6, 6.07) is 0. The van der Waals surface area contributed by atoms with E-state index in [1.165, 1.54) is 0 Å². The number of hydrogen-bond acceptors (Lipinski definition) is 1. The van der Waals surface area contributed by atoms with E-state index in [1.54, 1.807) is 0 Å². The molecule has 0 aromatic heterocycles. The van der Waals surface area contributed by atoms with Gasteiger partial charge in [0.05, 0.1) is 5.70 Å². The molecule has 70 valence electrons. The summed E-state index contributed by atoms with van der Waals surface area (Å²) in [7, 11) is 0. The van der Waals surface area contributed by atoms with Gasteiger partial charge in [-0.15, -0.1) is 5.92 Å². The molecule has 0 saturated heterocycles. The van der Waals surface area contributed by atoms with E-state index in [0.717, 1.165) is 19.3 Å². The first kappa shape index (κ1) is 11.6. The smallest absolute Gasteiger partial charge is 0.0741 e. The molecule has 0 unspecified atom stereocenters. The highest BCUT2D eigenvalue weighted by molar-refractivity contribution is 5.15. The van der Waals surface area contributed by atoms with Gasteiger partial charge in [-0.1, -0.05) is 31.1 Å². The van der Waals surface area contributed by atoms with E-state index in [-0.39, 0.29) is 0 Å². The van der Waals surface area contributed by atoms with Gasteiger partial charge in [0.15, 0.2) is 0 Å². The Labute approximate surface area is 81.0 Å². The molecular weight excluding hydrogens is 158 g/mol. The fraction of sp³-hybridized carbons (Fsp3) is 0.417. The monoisotopic (exact) mass is 175 g/mol. The normalized spacial score (nSPS) is 8.77. The van der Waals surface area contributed by atoms with E-state index in [4.69, 9.17) is 5.73 Å². The van der Waals surface area contributed by atoms with E-state index >= 15 is 0 Å². The van der Waals surface area contributed by atoms with Crippen molar-refractivity contribution in [3.8, 4) is 11.8 Å². The number of nitrogens with two attached hydrogens (primary N) is 1. The molecule has 0 aliphatic carbocycles. The number of rotatable bonds is 4. The molecule has 0 fully saturated rings. The molecule has 0 rings (SSSR count). The molecule has 0 aromatic rings. The molecule has 0 atom stereocenters. The first-order valence-corrected chi connectivity index (χ1v) is 4.58. The summed E-state index contributed by atoms with van der Waals surface area (Å²) in [6.45, 7) is 3.96. The first-order chi connectivity index (χ1) is 6.31. The Morgan fingerprint density at radius 1 is 1.46 bits per heavy atom. The topological polar surface area (TPSA) is 26.0 Å². The second-order valence-corrected chi connectivity index (χ2v) is 2.63. The van der Waals surface area contributed by atoms with Gasteiger partial charge in [0.1, 0.15) is 0 Å². The SMILES string of the molecule is CC#CCC=C=C(N)/C=C\CCC. The molecule has 0 aliphatic rings. The molecule has 0 aliphatic heterocycles. The van der Waals surface area contributed by atoms with Crippen LogP contribution in [0.1, 0.15) is 33.1 Å². The molecule has 0 saturated carbocycles. The molecule has 13 heavy (non-hydrogen) atoms. The van der Waals surface area contributed by atoms with E-state index in [2.05, 4.69) is 30.6 Å². The number of unbranched alkanes of at least 4 members (excludes halogenated alkanes) is 1. The molecule has 1 nitrogen and oxygen atoms in total. The lowest BCUT2D eigenvalue weighted by Crippen LogP contribution is -1.89. The maximum absolute atomic E-state index is 5.64. The average molecular weight is 175 g/mol. The van der Waals surface area contributed by atoms with Crippen LogP contribution in [-0.2, 0) is 0 Å². The third kappa shape index (κ3) is 8.53. The van der Waals surface area contributed by atoms with Gasteiger partial charge in [0.2, 0.25) is 0 Å². The predicted octanol–water partition coefficient (Wildman–Crippen LogP) is 2.75. The third-order valence-electron chi connectivity index (χ3n) is 1.40. The van der Waals surface area contributed by atoms with Crippen LogP contribution in [-0.4, -0.2) is 0 Å². The van der Waals surface area contributed by atoms with Crippen molar-refractivity contribution in [3.05, 3.63) is 29.7 Å². The van der Waals surface area contributed by atoms with Crippen LogP contribution >= 0.6 is 0 Å². The van der Waals surface area contributed by atoms with Crippen LogP contribution in [0.15, 0.2) is 29.7 Å². The second-order valence-electron chi connectivity index (χ2n) is 2.63. The minimum absolute atomic E-state index is 0.673. The Bertz CT molecular complexity index is 267. The molecule has 0 spiro atoms. The lowest BCUT2D eigenvalue weighted by Gasteiger charge is -1.85. The van der Waals surface area contributed by atoms with Crippen molar-refractivity contribution in [1.29, 1.82) is 0 Å². The fourth-order valence-electron chi connectivity index (χ4n) is 0.747. The zero-order valence-corrected chi connectivity index (χ0v) is 8.43. The van der Waals surface area contributed by atoms with Gasteiger partial charge in [-0.2, -0.15) is 0 Å². The van der Waals surface area contributed by atoms with E-state index in [9.17, 15) is 0 Å². The van der Waals surface area contributed by atoms with Gasteiger partial charge in [-0.05, 0) is 25.5 Å². The Kier molecular flexibility index (Phi) is 7.79. The second kappa shape index (κ2) is 8.71. The average Bonchev–Trinajstić information content (AvgIpc) is 2.13. The van der Waals surface area contributed by atoms with Crippen LogP contribution in [0, 0.1) is 11.8 Å². The zero-order chi connectivity index (χ0) is 9.94. The van der Waals surface area contributed by atoms with Crippen LogP contribution in [0.2, 0.25) is 0 Å². The summed E-state index contributed by atoms with van der Waals surface area (Å²) in [4.78, 5) is 0. The summed E-state index contributed by atoms with van der Waals surface area (Å²) >= 11 is 0. The first-order valence-electron chi connectivity index (χ1n) is 4.58. The predicted molar refractivity (Wildman–Crippen MR) is 57.9 cm³/mol. The Balaban J connectivity index is 3.97. The van der Waals surface area contributed by atoms with Crippen LogP contribution in [0.5, 0.6) is 0 Å². The Hall–Kier alpha value is -1.38. The molecule has 2 N–H and O–H groups in total. The summed E-state index contributed by atoms with van der Waals surface area (Å²) in [6.07, 6.45) is 8.73. The van der Waals surface area contributed by atoms with Gasteiger partial charge in [0, 0.05) is 6.42 Å². The Morgan fingerprint density at radius 3 is 2.85 bits per heavy atom. The number of hydrogen-bond donors (Lipinski definition) is 1. The summed E-state index contributed by atoms with van der Waals surface area (Å²) < 4.78 is 0. The van der Waals surface area contributed by atoms with Gasteiger partial charge < -0.3 is 5.73 Å². The minimum Gasteiger partial charge on any atom is -0.392 e. The van der Waals surface area contributed by atoms with Crippen molar-refractivity contribution in [3.63, 3.8) is 0 Å². The standard InChI is InChI=1S/C12H17N/c1-3-5-7-9-11-12(13)10-8-6-4-2/h8-10H,4,6-7,13H2,1-2H3/b10-8-. The van der Waals surface area contributed by atoms with Crippen LogP contribution < -0.4 is 5.73 Å². The van der Waals surface area contributed by atoms with Crippen molar-refractivity contribution < 1.29 is 0 Å². The van der Waals surface area contributed by atoms with E-state index in [1.807, 2.05) is 19.1 Å². The zero-order valence-electron chi connectivity index (χ0n) is 8.43. The highest BCUT2D eigenvalue weighted by Crippen LogP contribution is 1.91. The molecule has 0 heterocycles. The van der Waals surface area contributed by atoms with Crippen LogP contribution in [0.25, 0.3) is 0 Å². The maximum Gasteiger partial charge on any atom is 0.0741 e. The van der Waals surface area contributed by atoms with Gasteiger partial charge in [-0.3, -0.25) is 0 Å². The highest BCUT2D eigenvalue weighted by Gasteiger charge is 1.77. The molecule has 0 aromatic carbocycles. The summed E-state index contributed by atoms with van der Waals surface area (Å²) in [5.74, 6) is 5.71. The summed E-state index contributed by atoms with van der Waals surface area (Å²) in [5, 5.41) is 0. The minimum atomic E-state index is 0.673. The van der Waals surface area contributed by atoms with Crippen LogP contribution in [0.3, 0.4) is 0 Å². The molecule has 0 bridgehead atoms. The highest BCUT2D eigenvalue weighted by atomic mass is 14.5.